The summed E-state index contributed by atoms with van der Waals surface area (Å²) in [6.45, 7) is 0. The van der Waals surface area contributed by atoms with Crippen molar-refractivity contribution in [3.63, 3.8) is 0 Å². The van der Waals surface area contributed by atoms with Crippen LogP contribution in [0.1, 0.15) is 23.7 Å². The first-order valence-corrected chi connectivity index (χ1v) is 6.69. The molecule has 0 spiro atoms. The van der Waals surface area contributed by atoms with Crippen molar-refractivity contribution in [1.82, 2.24) is 0 Å². The fraction of sp³-hybridized carbons (Fsp3) is 0.200. The van der Waals surface area contributed by atoms with Crippen LogP contribution in [0.3, 0.4) is 0 Å². The fourth-order valence-electron chi connectivity index (χ4n) is 2.27. The Balaban J connectivity index is 1.89. The molecule has 1 nitrogen and oxygen atoms in total. The minimum absolute atomic E-state index is 0.0645. The molecule has 1 aliphatic heterocycles. The van der Waals surface area contributed by atoms with Crippen LogP contribution in [-0.4, -0.2) is 0 Å². The van der Waals surface area contributed by atoms with E-state index in [-0.39, 0.29) is 6.10 Å². The molecule has 0 amide bonds. The summed E-state index contributed by atoms with van der Waals surface area (Å²) in [5.41, 5.74) is 2.35. The summed E-state index contributed by atoms with van der Waals surface area (Å²) in [4.78, 5) is 0. The summed E-state index contributed by atoms with van der Waals surface area (Å²) in [6.07, 6.45) is 2.06. The van der Waals surface area contributed by atoms with Gasteiger partial charge in [0, 0.05) is 0 Å². The third-order valence-corrected chi connectivity index (χ3v) is 3.97. The van der Waals surface area contributed by atoms with E-state index in [9.17, 15) is 0 Å². The molecule has 0 radical (unpaired) electrons. The highest BCUT2D eigenvalue weighted by molar-refractivity contribution is 6.42. The van der Waals surface area contributed by atoms with Gasteiger partial charge in [-0.05, 0) is 42.2 Å². The summed E-state index contributed by atoms with van der Waals surface area (Å²) in [5, 5.41) is 1.16. The quantitative estimate of drug-likeness (QED) is 0.709. The van der Waals surface area contributed by atoms with Crippen molar-refractivity contribution in [3.05, 3.63) is 63.6 Å². The van der Waals surface area contributed by atoms with Crippen LogP contribution in [0.4, 0.5) is 0 Å². The highest BCUT2D eigenvalue weighted by Gasteiger charge is 2.21. The normalized spacial score (nSPS) is 18.0. The van der Waals surface area contributed by atoms with Crippen molar-refractivity contribution in [2.45, 2.75) is 18.9 Å². The summed E-state index contributed by atoms with van der Waals surface area (Å²) in [6, 6.07) is 13.9. The van der Waals surface area contributed by atoms with Gasteiger partial charge in [0.25, 0.3) is 0 Å². The highest BCUT2D eigenvalue weighted by atomic mass is 35.5. The van der Waals surface area contributed by atoms with Crippen LogP contribution in [0, 0.1) is 0 Å². The minimum Gasteiger partial charge on any atom is -0.485 e. The monoisotopic (exact) mass is 278 g/mol. The average Bonchev–Trinajstić information content (AvgIpc) is 2.41. The van der Waals surface area contributed by atoms with E-state index in [1.54, 1.807) is 0 Å². The molecule has 2 aromatic carbocycles. The second-order valence-corrected chi connectivity index (χ2v) is 5.24. The van der Waals surface area contributed by atoms with Gasteiger partial charge in [-0.3, -0.25) is 0 Å². The SMILES string of the molecule is Clc1ccc(C2CCc3ccccc3O2)cc1Cl. The molecule has 0 N–H and O–H groups in total. The maximum Gasteiger partial charge on any atom is 0.124 e. The molecule has 2 aromatic rings. The number of fused-ring (bicyclic) bond motifs is 1. The number of benzene rings is 2. The zero-order chi connectivity index (χ0) is 12.5. The maximum atomic E-state index is 6.05. The minimum atomic E-state index is 0.0645. The van der Waals surface area contributed by atoms with Crippen molar-refractivity contribution in [2.24, 2.45) is 0 Å². The van der Waals surface area contributed by atoms with Gasteiger partial charge >= 0.3 is 0 Å². The standard InChI is InChI=1S/C15H12Cl2O/c16-12-7-5-11(9-13(12)17)15-8-6-10-3-1-2-4-14(10)18-15/h1-5,7,9,15H,6,8H2. The Hall–Kier alpha value is -1.18. The van der Waals surface area contributed by atoms with Crippen LogP contribution in [0.2, 0.25) is 10.0 Å². The van der Waals surface area contributed by atoms with Crippen LogP contribution in [0.15, 0.2) is 42.5 Å². The smallest absolute Gasteiger partial charge is 0.124 e. The molecule has 1 aliphatic rings. The van der Waals surface area contributed by atoms with E-state index in [0.717, 1.165) is 24.2 Å². The molecule has 18 heavy (non-hydrogen) atoms. The Morgan fingerprint density at radius 2 is 1.83 bits per heavy atom. The first-order chi connectivity index (χ1) is 8.74. The molecule has 1 heterocycles. The van der Waals surface area contributed by atoms with Gasteiger partial charge in [0.05, 0.1) is 10.0 Å². The summed E-state index contributed by atoms with van der Waals surface area (Å²) in [7, 11) is 0. The second kappa shape index (κ2) is 4.83. The summed E-state index contributed by atoms with van der Waals surface area (Å²) >= 11 is 12.0. The first kappa shape index (κ1) is 11.9. The molecule has 3 heteroatoms. The maximum absolute atomic E-state index is 6.05. The van der Waals surface area contributed by atoms with Crippen molar-refractivity contribution < 1.29 is 4.74 Å². The van der Waals surface area contributed by atoms with E-state index < -0.39 is 0 Å². The number of hydrogen-bond acceptors (Lipinski definition) is 1. The number of para-hydroxylation sites is 1. The molecule has 0 aliphatic carbocycles. The zero-order valence-electron chi connectivity index (χ0n) is 9.70. The van der Waals surface area contributed by atoms with Crippen molar-refractivity contribution in [1.29, 1.82) is 0 Å². The average molecular weight is 279 g/mol. The van der Waals surface area contributed by atoms with Crippen molar-refractivity contribution in [2.75, 3.05) is 0 Å². The van der Waals surface area contributed by atoms with Crippen LogP contribution in [-0.2, 0) is 6.42 Å². The van der Waals surface area contributed by atoms with E-state index in [2.05, 4.69) is 6.07 Å². The van der Waals surface area contributed by atoms with E-state index in [1.165, 1.54) is 5.56 Å². The van der Waals surface area contributed by atoms with E-state index in [0.29, 0.717) is 10.0 Å². The van der Waals surface area contributed by atoms with E-state index in [4.69, 9.17) is 27.9 Å². The van der Waals surface area contributed by atoms with Gasteiger partial charge in [-0.2, -0.15) is 0 Å². The van der Waals surface area contributed by atoms with Crippen molar-refractivity contribution >= 4 is 23.2 Å². The zero-order valence-corrected chi connectivity index (χ0v) is 11.2. The molecule has 0 bridgehead atoms. The molecule has 0 aromatic heterocycles. The highest BCUT2D eigenvalue weighted by Crippen LogP contribution is 2.36. The second-order valence-electron chi connectivity index (χ2n) is 4.43. The Bertz CT molecular complexity index is 580. The van der Waals surface area contributed by atoms with E-state index >= 15 is 0 Å². The van der Waals surface area contributed by atoms with Crippen LogP contribution in [0.25, 0.3) is 0 Å². The van der Waals surface area contributed by atoms with Crippen LogP contribution >= 0.6 is 23.2 Å². The third kappa shape index (κ3) is 2.21. The molecule has 0 fully saturated rings. The number of ether oxygens (including phenoxy) is 1. The van der Waals surface area contributed by atoms with Gasteiger partial charge in [0.2, 0.25) is 0 Å². The number of hydrogen-bond donors (Lipinski definition) is 0. The number of halogens is 2. The topological polar surface area (TPSA) is 9.23 Å². The lowest BCUT2D eigenvalue weighted by molar-refractivity contribution is 0.176. The fourth-order valence-corrected chi connectivity index (χ4v) is 2.58. The summed E-state index contributed by atoms with van der Waals surface area (Å²) in [5.74, 6) is 0.972. The van der Waals surface area contributed by atoms with Gasteiger partial charge in [0.1, 0.15) is 11.9 Å². The number of rotatable bonds is 1. The molecule has 3 rings (SSSR count). The van der Waals surface area contributed by atoms with Crippen LogP contribution < -0.4 is 4.74 Å². The van der Waals surface area contributed by atoms with Gasteiger partial charge in [0.15, 0.2) is 0 Å². The Morgan fingerprint density at radius 3 is 2.67 bits per heavy atom. The molecule has 0 saturated carbocycles. The number of aryl methyl sites for hydroxylation is 1. The molecule has 1 atom stereocenters. The van der Waals surface area contributed by atoms with Gasteiger partial charge in [-0.25, -0.2) is 0 Å². The molecular formula is C15H12Cl2O. The van der Waals surface area contributed by atoms with E-state index in [1.807, 2.05) is 36.4 Å². The lowest BCUT2D eigenvalue weighted by Gasteiger charge is -2.26. The largest absolute Gasteiger partial charge is 0.485 e. The molecular weight excluding hydrogens is 267 g/mol. The van der Waals surface area contributed by atoms with Crippen molar-refractivity contribution in [3.8, 4) is 5.75 Å². The van der Waals surface area contributed by atoms with Gasteiger partial charge in [-0.15, -0.1) is 0 Å². The predicted molar refractivity (Wildman–Crippen MR) is 74.6 cm³/mol. The molecule has 1 unspecified atom stereocenters. The predicted octanol–water partition coefficient (Wildman–Crippen LogP) is 5.06. The van der Waals surface area contributed by atoms with Gasteiger partial charge in [-0.1, -0.05) is 47.5 Å². The lowest BCUT2D eigenvalue weighted by Crippen LogP contribution is -2.14. The Kier molecular flexibility index (Phi) is 3.19. The first-order valence-electron chi connectivity index (χ1n) is 5.93. The molecule has 92 valence electrons. The Morgan fingerprint density at radius 1 is 1.00 bits per heavy atom. The lowest BCUT2D eigenvalue weighted by atomic mass is 9.97. The van der Waals surface area contributed by atoms with Gasteiger partial charge < -0.3 is 4.74 Å². The third-order valence-electron chi connectivity index (χ3n) is 3.23. The summed E-state index contributed by atoms with van der Waals surface area (Å²) < 4.78 is 6.01. The molecule has 0 saturated heterocycles. The van der Waals surface area contributed by atoms with Crippen LogP contribution in [0.5, 0.6) is 5.75 Å². The Labute approximate surface area is 116 Å².